The van der Waals surface area contributed by atoms with Crippen LogP contribution in [0, 0.1) is 5.92 Å². The van der Waals surface area contributed by atoms with Crippen molar-refractivity contribution in [2.75, 3.05) is 7.11 Å². The molecule has 0 aliphatic heterocycles. The van der Waals surface area contributed by atoms with Gasteiger partial charge in [-0.25, -0.2) is 9.98 Å². The number of nitrogens with two attached hydrogens (primary N) is 1. The molecule has 1 aromatic heterocycles. The average Bonchev–Trinajstić information content (AvgIpc) is 3.30. The van der Waals surface area contributed by atoms with Crippen LogP contribution in [0.15, 0.2) is 23.0 Å². The van der Waals surface area contributed by atoms with Crippen molar-refractivity contribution >= 4 is 35.4 Å². The number of allylic oxidation sites excluding steroid dienone is 3. The van der Waals surface area contributed by atoms with Gasteiger partial charge in [-0.15, -0.1) is 11.3 Å². The van der Waals surface area contributed by atoms with Crippen LogP contribution in [0.1, 0.15) is 34.4 Å². The van der Waals surface area contributed by atoms with Crippen LogP contribution >= 0.6 is 11.3 Å². The number of carbonyl (C=O) groups is 2. The predicted molar refractivity (Wildman–Crippen MR) is 89.3 cm³/mol. The summed E-state index contributed by atoms with van der Waals surface area (Å²) in [6.45, 7) is 5.28. The summed E-state index contributed by atoms with van der Waals surface area (Å²) in [5.41, 5.74) is 5.99. The van der Waals surface area contributed by atoms with E-state index >= 15 is 0 Å². The molecule has 1 saturated carbocycles. The zero-order valence-electron chi connectivity index (χ0n) is 13.0. The third-order valence-corrected chi connectivity index (χ3v) is 4.33. The fraction of sp³-hybridized carbons (Fsp3) is 0.333. The number of hydrogen-bond acceptors (Lipinski definition) is 6. The monoisotopic (exact) mass is 334 g/mol. The molecule has 1 aromatic rings. The Morgan fingerprint density at radius 3 is 2.65 bits per heavy atom. The topological polar surface area (TPSA) is 107 Å². The largest absolute Gasteiger partial charge is 0.480 e. The molecule has 0 aromatic carbocycles. The van der Waals surface area contributed by atoms with E-state index in [4.69, 9.17) is 10.5 Å². The van der Waals surface area contributed by atoms with Crippen LogP contribution in [0.2, 0.25) is 0 Å². The summed E-state index contributed by atoms with van der Waals surface area (Å²) in [5, 5.41) is 3.27. The van der Waals surface area contributed by atoms with E-state index in [1.54, 1.807) is 12.2 Å². The van der Waals surface area contributed by atoms with Crippen molar-refractivity contribution in [1.29, 1.82) is 0 Å². The third kappa shape index (κ3) is 4.04. The van der Waals surface area contributed by atoms with E-state index < -0.39 is 5.91 Å². The van der Waals surface area contributed by atoms with E-state index in [2.05, 4.69) is 22.0 Å². The number of carbonyl (C=O) groups excluding carboxylic acids is 2. The van der Waals surface area contributed by atoms with Crippen molar-refractivity contribution in [2.24, 2.45) is 16.6 Å². The van der Waals surface area contributed by atoms with Crippen molar-refractivity contribution in [3.63, 3.8) is 0 Å². The molecular formula is C15H18N4O3S. The lowest BCUT2D eigenvalue weighted by molar-refractivity contribution is -0.121. The Bertz CT molecular complexity index is 702. The Balaban J connectivity index is 2.27. The number of aromatic nitrogens is 1. The van der Waals surface area contributed by atoms with Gasteiger partial charge in [0.15, 0.2) is 4.88 Å². The second-order valence-electron chi connectivity index (χ2n) is 4.92. The van der Waals surface area contributed by atoms with Crippen LogP contribution in [0.4, 0.5) is 0 Å². The van der Waals surface area contributed by atoms with Gasteiger partial charge in [0.25, 0.3) is 5.91 Å². The highest BCUT2D eigenvalue weighted by Crippen LogP contribution is 2.31. The molecule has 8 heteroatoms. The number of nitrogens with one attached hydrogen (secondary N) is 1. The number of nitrogens with zero attached hydrogens (tertiary/aromatic N) is 2. The zero-order chi connectivity index (χ0) is 17.0. The van der Waals surface area contributed by atoms with Gasteiger partial charge < -0.3 is 15.8 Å². The van der Waals surface area contributed by atoms with E-state index in [0.717, 1.165) is 24.2 Å². The molecule has 1 aliphatic rings. The summed E-state index contributed by atoms with van der Waals surface area (Å²) in [6.07, 6.45) is 5.24. The van der Waals surface area contributed by atoms with E-state index in [1.807, 2.05) is 6.92 Å². The number of aliphatic imine (C=N–C) groups is 1. The molecule has 0 bridgehead atoms. The molecule has 0 atom stereocenters. The highest BCUT2D eigenvalue weighted by Gasteiger charge is 2.30. The molecule has 0 radical (unpaired) electrons. The Kier molecular flexibility index (Phi) is 5.28. The summed E-state index contributed by atoms with van der Waals surface area (Å²) in [4.78, 5) is 31.5. The second-order valence-corrected chi connectivity index (χ2v) is 5.92. The summed E-state index contributed by atoms with van der Waals surface area (Å²) >= 11 is 1.12. The third-order valence-electron chi connectivity index (χ3n) is 3.23. The van der Waals surface area contributed by atoms with Gasteiger partial charge in [-0.1, -0.05) is 6.08 Å². The van der Waals surface area contributed by atoms with Gasteiger partial charge in [0.05, 0.1) is 7.11 Å². The number of rotatable bonds is 7. The smallest absolute Gasteiger partial charge is 0.264 e. The van der Waals surface area contributed by atoms with Crippen molar-refractivity contribution in [2.45, 2.75) is 19.8 Å². The highest BCUT2D eigenvalue weighted by molar-refractivity contribution is 7.15. The fourth-order valence-electron chi connectivity index (χ4n) is 1.83. The first-order valence-electron chi connectivity index (χ1n) is 7.00. The predicted octanol–water partition coefficient (Wildman–Crippen LogP) is 1.72. The molecule has 1 aliphatic carbocycles. The summed E-state index contributed by atoms with van der Waals surface area (Å²) in [7, 11) is 1.42. The van der Waals surface area contributed by atoms with Gasteiger partial charge >= 0.3 is 0 Å². The molecule has 7 nitrogen and oxygen atoms in total. The maximum absolute atomic E-state index is 11.8. The number of methoxy groups -OCH3 is 1. The molecule has 23 heavy (non-hydrogen) atoms. The van der Waals surface area contributed by atoms with Crippen molar-refractivity contribution in [3.05, 3.63) is 27.9 Å². The summed E-state index contributed by atoms with van der Waals surface area (Å²) < 4.78 is 5.06. The molecule has 2 rings (SSSR count). The summed E-state index contributed by atoms with van der Waals surface area (Å²) in [6, 6.07) is 0. The first-order valence-corrected chi connectivity index (χ1v) is 7.82. The minimum Gasteiger partial charge on any atom is -0.480 e. The minimum absolute atomic E-state index is 0.0614. The highest BCUT2D eigenvalue weighted by atomic mass is 32.1. The lowest BCUT2D eigenvalue weighted by Crippen LogP contribution is -2.23. The Hall–Kier alpha value is -2.48. The molecule has 3 N–H and O–H groups in total. The lowest BCUT2D eigenvalue weighted by Gasteiger charge is -2.05. The fourth-order valence-corrected chi connectivity index (χ4v) is 2.77. The molecule has 122 valence electrons. The van der Waals surface area contributed by atoms with Crippen LogP contribution in [0.3, 0.4) is 0 Å². The Labute approximate surface area is 138 Å². The molecular weight excluding hydrogens is 316 g/mol. The molecule has 0 saturated heterocycles. The number of ether oxygens (including phenoxy) is 1. The van der Waals surface area contributed by atoms with Crippen molar-refractivity contribution < 1.29 is 14.3 Å². The van der Waals surface area contributed by atoms with Gasteiger partial charge in [-0.3, -0.25) is 9.59 Å². The normalized spacial score (nSPS) is 15.2. The average molecular weight is 334 g/mol. The maximum Gasteiger partial charge on any atom is 0.264 e. The Morgan fingerprint density at radius 1 is 1.52 bits per heavy atom. The van der Waals surface area contributed by atoms with E-state index in [1.165, 1.54) is 7.11 Å². The van der Waals surface area contributed by atoms with Crippen LogP contribution in [0.5, 0.6) is 5.88 Å². The van der Waals surface area contributed by atoms with Gasteiger partial charge in [-0.2, -0.15) is 0 Å². The van der Waals surface area contributed by atoms with Gasteiger partial charge in [-0.05, 0) is 32.6 Å². The lowest BCUT2D eigenvalue weighted by atomic mass is 10.2. The van der Waals surface area contributed by atoms with E-state index in [0.29, 0.717) is 16.4 Å². The Morgan fingerprint density at radius 2 is 2.22 bits per heavy atom. The molecule has 0 unspecified atom stereocenters. The standard InChI is InChI=1S/C15H18N4O3S/c1-4-8(7-10(17-2)18-13(21)9-5-6-9)15-19-14(22-3)11(23-15)12(16)20/h4,7,9H,2,5-6H2,1,3H3,(H2,16,20)(H,18,21). The van der Waals surface area contributed by atoms with Gasteiger partial charge in [0.1, 0.15) is 10.8 Å². The van der Waals surface area contributed by atoms with Crippen LogP contribution < -0.4 is 15.8 Å². The summed E-state index contributed by atoms with van der Waals surface area (Å²) in [5.74, 6) is -0.0800. The van der Waals surface area contributed by atoms with E-state index in [-0.39, 0.29) is 22.6 Å². The first-order chi connectivity index (χ1) is 11.0. The number of amides is 2. The second kappa shape index (κ2) is 7.19. The van der Waals surface area contributed by atoms with Crippen molar-refractivity contribution in [3.8, 4) is 5.88 Å². The van der Waals surface area contributed by atoms with Gasteiger partial charge in [0, 0.05) is 11.5 Å². The maximum atomic E-state index is 11.8. The van der Waals surface area contributed by atoms with Crippen LogP contribution in [-0.2, 0) is 4.79 Å². The number of thiazole rings is 1. The van der Waals surface area contributed by atoms with Crippen LogP contribution in [-0.4, -0.2) is 30.6 Å². The number of hydrogen-bond donors (Lipinski definition) is 2. The molecule has 2 amide bonds. The van der Waals surface area contributed by atoms with E-state index in [9.17, 15) is 9.59 Å². The molecule has 1 fully saturated rings. The molecule has 1 heterocycles. The first kappa shape index (κ1) is 16.9. The number of primary amides is 1. The van der Waals surface area contributed by atoms with Crippen LogP contribution in [0.25, 0.3) is 5.57 Å². The minimum atomic E-state index is -0.603. The SMILES string of the molecule is C=NC(=CC(=CC)c1nc(OC)c(C(N)=O)s1)NC(=O)C1CC1. The van der Waals surface area contributed by atoms with Crippen molar-refractivity contribution in [1.82, 2.24) is 10.3 Å². The van der Waals surface area contributed by atoms with Gasteiger partial charge in [0.2, 0.25) is 11.8 Å². The zero-order valence-corrected chi connectivity index (χ0v) is 13.8. The quantitative estimate of drug-likeness (QED) is 0.585. The molecule has 0 spiro atoms.